The highest BCUT2D eigenvalue weighted by molar-refractivity contribution is 5.38. The molecule has 2 rings (SSSR count). The van der Waals surface area contributed by atoms with Crippen molar-refractivity contribution in [3.8, 4) is 5.75 Å². The summed E-state index contributed by atoms with van der Waals surface area (Å²) in [6.07, 6.45) is 2.33. The zero-order chi connectivity index (χ0) is 13.8. The van der Waals surface area contributed by atoms with E-state index in [-0.39, 0.29) is 0 Å². The molecule has 1 aliphatic carbocycles. The van der Waals surface area contributed by atoms with Gasteiger partial charge >= 0.3 is 0 Å². The normalized spacial score (nSPS) is 16.7. The summed E-state index contributed by atoms with van der Waals surface area (Å²) < 4.78 is 5.44. The molecule has 1 N–H and O–H groups in total. The van der Waals surface area contributed by atoms with E-state index in [1.54, 1.807) is 14.0 Å². The highest BCUT2D eigenvalue weighted by Gasteiger charge is 2.24. The minimum Gasteiger partial charge on any atom is -0.496 e. The lowest BCUT2D eigenvalue weighted by molar-refractivity contribution is 0.198. The maximum Gasteiger partial charge on any atom is 0.123 e. The van der Waals surface area contributed by atoms with Crippen LogP contribution in [0.15, 0.2) is 18.2 Å². The monoisotopic (exact) mass is 263 g/mol. The van der Waals surface area contributed by atoms with Crippen molar-refractivity contribution in [1.29, 1.82) is 0 Å². The van der Waals surface area contributed by atoms with Crippen molar-refractivity contribution in [2.75, 3.05) is 20.2 Å². The Labute approximate surface area is 116 Å². The maximum atomic E-state index is 9.70. The van der Waals surface area contributed by atoms with E-state index >= 15 is 0 Å². The molecule has 3 nitrogen and oxygen atoms in total. The second-order valence-corrected chi connectivity index (χ2v) is 5.52. The zero-order valence-electron chi connectivity index (χ0n) is 12.2. The third-order valence-electron chi connectivity index (χ3n) is 3.84. The summed E-state index contributed by atoms with van der Waals surface area (Å²) in [4.78, 5) is 2.46. The second-order valence-electron chi connectivity index (χ2n) is 5.52. The number of aliphatic hydroxyl groups is 1. The van der Waals surface area contributed by atoms with Crippen LogP contribution >= 0.6 is 0 Å². The van der Waals surface area contributed by atoms with E-state index < -0.39 is 6.10 Å². The van der Waals surface area contributed by atoms with Crippen LogP contribution in [0.2, 0.25) is 0 Å². The summed E-state index contributed by atoms with van der Waals surface area (Å²) in [6.45, 7) is 7.13. The molecule has 0 radical (unpaired) electrons. The second kappa shape index (κ2) is 6.40. The molecule has 3 heteroatoms. The fourth-order valence-electron chi connectivity index (χ4n) is 2.39. The van der Waals surface area contributed by atoms with E-state index in [1.807, 2.05) is 12.1 Å². The molecule has 1 aliphatic rings. The third-order valence-corrected chi connectivity index (χ3v) is 3.84. The molecule has 0 spiro atoms. The van der Waals surface area contributed by atoms with Crippen LogP contribution in [0.3, 0.4) is 0 Å². The highest BCUT2D eigenvalue weighted by Crippen LogP contribution is 2.31. The van der Waals surface area contributed by atoms with Gasteiger partial charge in [-0.3, -0.25) is 4.90 Å². The molecular formula is C16H25NO2. The van der Waals surface area contributed by atoms with Crippen molar-refractivity contribution in [2.24, 2.45) is 5.92 Å². The number of methoxy groups -OCH3 is 1. The SMILES string of the molecule is CCN(Cc1cc(C(C)O)ccc1OC)CC1CC1. The summed E-state index contributed by atoms with van der Waals surface area (Å²) >= 11 is 0. The predicted octanol–water partition coefficient (Wildman–Crippen LogP) is 2.98. The van der Waals surface area contributed by atoms with Gasteiger partial charge in [0.1, 0.15) is 5.75 Å². The summed E-state index contributed by atoms with van der Waals surface area (Å²) in [5.74, 6) is 1.81. The zero-order valence-corrected chi connectivity index (χ0v) is 12.2. The lowest BCUT2D eigenvalue weighted by Crippen LogP contribution is -2.25. The van der Waals surface area contributed by atoms with Crippen molar-refractivity contribution in [3.63, 3.8) is 0 Å². The lowest BCUT2D eigenvalue weighted by atomic mass is 10.1. The van der Waals surface area contributed by atoms with Crippen molar-refractivity contribution < 1.29 is 9.84 Å². The lowest BCUT2D eigenvalue weighted by Gasteiger charge is -2.22. The number of ether oxygens (including phenoxy) is 1. The average molecular weight is 263 g/mol. The van der Waals surface area contributed by atoms with Crippen LogP contribution in [-0.2, 0) is 6.54 Å². The fourth-order valence-corrected chi connectivity index (χ4v) is 2.39. The quantitative estimate of drug-likeness (QED) is 0.821. The molecule has 1 saturated carbocycles. The Kier molecular flexibility index (Phi) is 4.83. The molecule has 1 unspecified atom stereocenters. The van der Waals surface area contributed by atoms with Crippen molar-refractivity contribution in [2.45, 2.75) is 39.3 Å². The first kappa shape index (κ1) is 14.4. The van der Waals surface area contributed by atoms with E-state index in [4.69, 9.17) is 4.74 Å². The first-order valence-corrected chi connectivity index (χ1v) is 7.21. The molecule has 1 fully saturated rings. The Morgan fingerprint density at radius 3 is 2.68 bits per heavy atom. The summed E-state index contributed by atoms with van der Waals surface area (Å²) in [5, 5.41) is 9.70. The van der Waals surface area contributed by atoms with E-state index in [2.05, 4.69) is 17.9 Å². The number of hydrogen-bond donors (Lipinski definition) is 1. The Hall–Kier alpha value is -1.06. The number of nitrogens with zero attached hydrogens (tertiary/aromatic N) is 1. The Balaban J connectivity index is 2.12. The van der Waals surface area contributed by atoms with E-state index in [0.717, 1.165) is 30.3 Å². The molecule has 19 heavy (non-hydrogen) atoms. The molecule has 0 aliphatic heterocycles. The van der Waals surface area contributed by atoms with Crippen LogP contribution in [0.5, 0.6) is 5.75 Å². The summed E-state index contributed by atoms with van der Waals surface area (Å²) in [5.41, 5.74) is 2.13. The first-order chi connectivity index (χ1) is 9.13. The maximum absolute atomic E-state index is 9.70. The van der Waals surface area contributed by atoms with Crippen LogP contribution in [0.1, 0.15) is 43.9 Å². The van der Waals surface area contributed by atoms with Gasteiger partial charge in [0, 0.05) is 18.7 Å². The molecule has 106 valence electrons. The van der Waals surface area contributed by atoms with Crippen LogP contribution in [-0.4, -0.2) is 30.2 Å². The largest absolute Gasteiger partial charge is 0.496 e. The third kappa shape index (κ3) is 3.95. The summed E-state index contributed by atoms with van der Waals surface area (Å²) in [7, 11) is 1.71. The molecule has 0 saturated heterocycles. The van der Waals surface area contributed by atoms with Gasteiger partial charge in [0.2, 0.25) is 0 Å². The molecule has 1 aromatic carbocycles. The molecule has 0 amide bonds. The van der Waals surface area contributed by atoms with Crippen LogP contribution < -0.4 is 4.74 Å². The van der Waals surface area contributed by atoms with Gasteiger partial charge in [-0.25, -0.2) is 0 Å². The Morgan fingerprint density at radius 1 is 1.42 bits per heavy atom. The molecule has 0 heterocycles. The number of rotatable bonds is 7. The van der Waals surface area contributed by atoms with Crippen molar-refractivity contribution >= 4 is 0 Å². The number of aliphatic hydroxyl groups excluding tert-OH is 1. The molecular weight excluding hydrogens is 238 g/mol. The molecule has 1 aromatic rings. The van der Waals surface area contributed by atoms with E-state index in [0.29, 0.717) is 0 Å². The van der Waals surface area contributed by atoms with Crippen LogP contribution in [0.25, 0.3) is 0 Å². The van der Waals surface area contributed by atoms with Crippen LogP contribution in [0.4, 0.5) is 0 Å². The Morgan fingerprint density at radius 2 is 2.16 bits per heavy atom. The number of hydrogen-bond acceptors (Lipinski definition) is 3. The van der Waals surface area contributed by atoms with Gasteiger partial charge in [-0.2, -0.15) is 0 Å². The van der Waals surface area contributed by atoms with Crippen LogP contribution in [0, 0.1) is 5.92 Å². The van der Waals surface area contributed by atoms with Gasteiger partial charge in [-0.05, 0) is 49.9 Å². The first-order valence-electron chi connectivity index (χ1n) is 7.21. The minimum absolute atomic E-state index is 0.428. The van der Waals surface area contributed by atoms with Gasteiger partial charge in [-0.1, -0.05) is 13.0 Å². The van der Waals surface area contributed by atoms with E-state index in [1.165, 1.54) is 24.9 Å². The van der Waals surface area contributed by atoms with E-state index in [9.17, 15) is 5.11 Å². The number of benzene rings is 1. The van der Waals surface area contributed by atoms with Gasteiger partial charge in [0.15, 0.2) is 0 Å². The topological polar surface area (TPSA) is 32.7 Å². The van der Waals surface area contributed by atoms with Gasteiger partial charge in [0.05, 0.1) is 13.2 Å². The molecule has 0 bridgehead atoms. The van der Waals surface area contributed by atoms with Gasteiger partial charge < -0.3 is 9.84 Å². The van der Waals surface area contributed by atoms with Crippen molar-refractivity contribution in [3.05, 3.63) is 29.3 Å². The fraction of sp³-hybridized carbons (Fsp3) is 0.625. The standard InChI is InChI=1S/C16H25NO2/c1-4-17(10-13-5-6-13)11-15-9-14(12(2)18)7-8-16(15)19-3/h7-9,12-13,18H,4-6,10-11H2,1-3H3. The van der Waals surface area contributed by atoms with Gasteiger partial charge in [0.25, 0.3) is 0 Å². The Bertz CT molecular complexity index is 413. The highest BCUT2D eigenvalue weighted by atomic mass is 16.5. The predicted molar refractivity (Wildman–Crippen MR) is 77.3 cm³/mol. The molecule has 0 aromatic heterocycles. The average Bonchev–Trinajstić information content (AvgIpc) is 3.21. The summed E-state index contributed by atoms with van der Waals surface area (Å²) in [6, 6.07) is 5.96. The minimum atomic E-state index is -0.428. The molecule has 1 atom stereocenters. The van der Waals surface area contributed by atoms with Crippen molar-refractivity contribution in [1.82, 2.24) is 4.90 Å². The smallest absolute Gasteiger partial charge is 0.123 e. The van der Waals surface area contributed by atoms with Gasteiger partial charge in [-0.15, -0.1) is 0 Å².